The van der Waals surface area contributed by atoms with Gasteiger partial charge >= 0.3 is 5.89 Å². The second-order valence-electron chi connectivity index (χ2n) is 7.35. The fourth-order valence-corrected chi connectivity index (χ4v) is 3.77. The second-order valence-corrected chi connectivity index (χ2v) is 8.73. The summed E-state index contributed by atoms with van der Waals surface area (Å²) in [6, 6.07) is 21.7. The van der Waals surface area contributed by atoms with Gasteiger partial charge in [-0.3, -0.25) is 0 Å². The molecule has 7 nitrogen and oxygen atoms in total. The number of para-hydroxylation sites is 4. The Labute approximate surface area is 186 Å². The first-order valence-corrected chi connectivity index (χ1v) is 11.3. The van der Waals surface area contributed by atoms with Gasteiger partial charge in [0.05, 0.1) is 10.6 Å². The summed E-state index contributed by atoms with van der Waals surface area (Å²) in [5.74, 6) is 2.38. The monoisotopic (exact) mass is 450 g/mol. The number of rotatable bonds is 2. The molecule has 0 fully saturated rings. The quantitative estimate of drug-likeness (QED) is 0.339. The van der Waals surface area contributed by atoms with E-state index in [9.17, 15) is 13.0 Å². The summed E-state index contributed by atoms with van der Waals surface area (Å²) in [4.78, 5) is 1.84. The molecule has 0 saturated carbocycles. The number of aromatic nitrogens is 1. The van der Waals surface area contributed by atoms with Gasteiger partial charge in [0.15, 0.2) is 5.75 Å². The smallest absolute Gasteiger partial charge is 0.379 e. The van der Waals surface area contributed by atoms with E-state index in [1.54, 1.807) is 12.1 Å². The highest BCUT2D eigenvalue weighted by Gasteiger charge is 2.25. The van der Waals surface area contributed by atoms with E-state index in [0.717, 1.165) is 39.9 Å². The van der Waals surface area contributed by atoms with Crippen LogP contribution in [0.4, 0.5) is 5.69 Å². The van der Waals surface area contributed by atoms with Crippen molar-refractivity contribution in [1.82, 2.24) is 0 Å². The van der Waals surface area contributed by atoms with Crippen LogP contribution in [-0.2, 0) is 17.2 Å². The van der Waals surface area contributed by atoms with Crippen molar-refractivity contribution in [3.05, 3.63) is 90.1 Å². The maximum atomic E-state index is 10.4. The van der Waals surface area contributed by atoms with E-state index in [-0.39, 0.29) is 4.90 Å². The van der Waals surface area contributed by atoms with E-state index < -0.39 is 10.1 Å². The molecular formula is C24H22N2O5S. The van der Waals surface area contributed by atoms with Crippen LogP contribution in [0.1, 0.15) is 11.5 Å². The Morgan fingerprint density at radius 1 is 0.969 bits per heavy atom. The van der Waals surface area contributed by atoms with Crippen LogP contribution < -0.4 is 14.2 Å². The van der Waals surface area contributed by atoms with Crippen LogP contribution in [0.15, 0.2) is 88.0 Å². The van der Waals surface area contributed by atoms with Gasteiger partial charge in [-0.25, -0.2) is 8.42 Å². The molecule has 1 aromatic heterocycles. The molecule has 1 aliphatic rings. The van der Waals surface area contributed by atoms with Gasteiger partial charge in [0.1, 0.15) is 23.2 Å². The third-order valence-corrected chi connectivity index (χ3v) is 5.95. The van der Waals surface area contributed by atoms with Gasteiger partial charge in [0.25, 0.3) is 5.52 Å². The van der Waals surface area contributed by atoms with Crippen molar-refractivity contribution in [3.8, 4) is 5.75 Å². The summed E-state index contributed by atoms with van der Waals surface area (Å²) >= 11 is 0. The minimum absolute atomic E-state index is 0.178. The van der Waals surface area contributed by atoms with Gasteiger partial charge < -0.3 is 18.6 Å². The molecule has 0 atom stereocenters. The predicted molar refractivity (Wildman–Crippen MR) is 120 cm³/mol. The second kappa shape index (κ2) is 8.49. The molecule has 0 spiro atoms. The van der Waals surface area contributed by atoms with Gasteiger partial charge in [-0.15, -0.1) is 0 Å². The third-order valence-electron chi connectivity index (χ3n) is 5.10. The molecule has 32 heavy (non-hydrogen) atoms. The van der Waals surface area contributed by atoms with Crippen molar-refractivity contribution < 1.29 is 26.7 Å². The zero-order valence-corrected chi connectivity index (χ0v) is 18.7. The number of ether oxygens (including phenoxy) is 1. The van der Waals surface area contributed by atoms with Crippen LogP contribution in [0.5, 0.6) is 5.75 Å². The molecule has 2 heterocycles. The summed E-state index contributed by atoms with van der Waals surface area (Å²) in [6.45, 7) is 1.82. The van der Waals surface area contributed by atoms with E-state index >= 15 is 0 Å². The number of hydrogen-bond donors (Lipinski definition) is 0. The molecule has 0 saturated heterocycles. The Morgan fingerprint density at radius 2 is 1.62 bits per heavy atom. The van der Waals surface area contributed by atoms with E-state index in [1.807, 2.05) is 85.1 Å². The Kier molecular flexibility index (Phi) is 5.73. The Hall–Kier alpha value is -3.62. The number of hydrogen-bond acceptors (Lipinski definition) is 6. The molecule has 3 aromatic carbocycles. The first-order valence-electron chi connectivity index (χ1n) is 9.86. The van der Waals surface area contributed by atoms with Gasteiger partial charge in [-0.2, -0.15) is 4.57 Å². The molecule has 0 amide bonds. The molecule has 1 aliphatic heterocycles. The molecule has 4 aromatic rings. The van der Waals surface area contributed by atoms with Gasteiger partial charge in [-0.05, 0) is 37.3 Å². The van der Waals surface area contributed by atoms with E-state index in [1.165, 1.54) is 12.1 Å². The number of aryl methyl sites for hydroxylation is 2. The number of nitrogens with zero attached hydrogens (tertiary/aromatic N) is 2. The summed E-state index contributed by atoms with van der Waals surface area (Å²) in [6.07, 6.45) is 1.92. The van der Waals surface area contributed by atoms with Crippen molar-refractivity contribution in [2.45, 2.75) is 11.8 Å². The van der Waals surface area contributed by atoms with Crippen molar-refractivity contribution in [2.24, 2.45) is 7.05 Å². The molecule has 0 aliphatic carbocycles. The highest BCUT2D eigenvalue weighted by atomic mass is 32.2. The molecular weight excluding hydrogens is 428 g/mol. The minimum Gasteiger partial charge on any atom is -0.744 e. The minimum atomic E-state index is -4.27. The first kappa shape index (κ1) is 21.6. The summed E-state index contributed by atoms with van der Waals surface area (Å²) < 4.78 is 45.0. The van der Waals surface area contributed by atoms with Crippen molar-refractivity contribution in [2.75, 3.05) is 11.9 Å². The lowest BCUT2D eigenvalue weighted by atomic mass is 10.2. The highest BCUT2D eigenvalue weighted by molar-refractivity contribution is 7.85. The predicted octanol–water partition coefficient (Wildman–Crippen LogP) is 3.98. The van der Waals surface area contributed by atoms with Crippen LogP contribution in [0, 0.1) is 6.92 Å². The number of fused-ring (bicyclic) bond motifs is 2. The molecule has 0 radical (unpaired) electrons. The molecule has 5 rings (SSSR count). The zero-order valence-electron chi connectivity index (χ0n) is 17.8. The molecule has 0 N–H and O–H groups in total. The number of oxazole rings is 1. The number of benzene rings is 3. The number of anilines is 1. The van der Waals surface area contributed by atoms with Crippen LogP contribution >= 0.6 is 0 Å². The van der Waals surface area contributed by atoms with E-state index in [4.69, 9.17) is 9.15 Å². The Morgan fingerprint density at radius 3 is 2.28 bits per heavy atom. The summed E-state index contributed by atoms with van der Waals surface area (Å²) in [5.41, 5.74) is 3.91. The Bertz CT molecular complexity index is 1410. The lowest BCUT2D eigenvalue weighted by Crippen LogP contribution is -2.29. The van der Waals surface area contributed by atoms with Crippen molar-refractivity contribution >= 4 is 33.0 Å². The van der Waals surface area contributed by atoms with Crippen LogP contribution in [-0.4, -0.2) is 20.0 Å². The Balaban J connectivity index is 0.000000189. The van der Waals surface area contributed by atoms with Gasteiger partial charge in [0, 0.05) is 13.1 Å². The van der Waals surface area contributed by atoms with Crippen molar-refractivity contribution in [3.63, 3.8) is 0 Å². The average molecular weight is 451 g/mol. The summed E-state index contributed by atoms with van der Waals surface area (Å²) in [5, 5.41) is 0. The molecule has 0 unspecified atom stereocenters. The van der Waals surface area contributed by atoms with Crippen LogP contribution in [0.2, 0.25) is 0 Å². The fraction of sp³-hybridized carbons (Fsp3) is 0.125. The maximum Gasteiger partial charge on any atom is 0.379 e. The van der Waals surface area contributed by atoms with Crippen molar-refractivity contribution in [1.29, 1.82) is 0 Å². The third kappa shape index (κ3) is 4.37. The van der Waals surface area contributed by atoms with E-state index in [2.05, 4.69) is 0 Å². The molecule has 0 bridgehead atoms. The van der Waals surface area contributed by atoms with E-state index in [0.29, 0.717) is 0 Å². The fourth-order valence-electron chi connectivity index (χ4n) is 3.30. The molecule has 164 valence electrons. The lowest BCUT2D eigenvalue weighted by Gasteiger charge is -2.09. The average Bonchev–Trinajstić information content (AvgIpc) is 3.26. The van der Waals surface area contributed by atoms with Gasteiger partial charge in [0.2, 0.25) is 11.5 Å². The maximum absolute atomic E-state index is 10.4. The highest BCUT2D eigenvalue weighted by Crippen LogP contribution is 2.37. The van der Waals surface area contributed by atoms with Crippen LogP contribution in [0.25, 0.3) is 17.2 Å². The zero-order chi connectivity index (χ0) is 22.9. The standard InChI is InChI=1S/C17H15N2O2.C7H8O3S/c1-18-12-7-3-5-9-14(12)20-16(18)11-17-19(2)13-8-4-6-10-15(13)21-17;1-6-2-4-7(5-3-6)11(8,9)10/h3-11H,1-2H3;2-5H,1H3,(H,8,9,10)/q+1;/p-1. The summed E-state index contributed by atoms with van der Waals surface area (Å²) in [7, 11) is -0.297. The largest absolute Gasteiger partial charge is 0.744 e. The SMILES string of the molecule is CN1C(=Cc2oc3ccccc3[n+]2C)Oc2ccccc21.Cc1ccc(S(=O)(=O)[O-])cc1. The van der Waals surface area contributed by atoms with Gasteiger partial charge in [-0.1, -0.05) is 42.0 Å². The lowest BCUT2D eigenvalue weighted by molar-refractivity contribution is -0.652. The first-order chi connectivity index (χ1) is 15.2. The molecule has 8 heteroatoms. The van der Waals surface area contributed by atoms with Crippen LogP contribution in [0.3, 0.4) is 0 Å². The topological polar surface area (TPSA) is 86.7 Å². The normalized spacial score (nSPS) is 14.1.